The molecule has 0 heterocycles. The highest BCUT2D eigenvalue weighted by Gasteiger charge is 2.23. The highest BCUT2D eigenvalue weighted by atomic mass is 31.2. The lowest BCUT2D eigenvalue weighted by atomic mass is 10.3. The molecule has 2 atom stereocenters. The van der Waals surface area contributed by atoms with Gasteiger partial charge in [0.2, 0.25) is 8.45 Å². The van der Waals surface area contributed by atoms with E-state index in [1.807, 2.05) is 27.7 Å². The Hall–Kier alpha value is -2.29. The van der Waals surface area contributed by atoms with Gasteiger partial charge < -0.3 is 14.0 Å². The van der Waals surface area contributed by atoms with Crippen LogP contribution in [0.15, 0.2) is 24.3 Å². The van der Waals surface area contributed by atoms with E-state index < -0.39 is 31.4 Å². The van der Waals surface area contributed by atoms with Gasteiger partial charge in [-0.2, -0.15) is 0 Å². The second kappa shape index (κ2) is 18.3. The first-order valence-corrected chi connectivity index (χ1v) is 12.0. The van der Waals surface area contributed by atoms with Crippen molar-refractivity contribution in [1.29, 1.82) is 0 Å². The lowest BCUT2D eigenvalue weighted by molar-refractivity contribution is -0.384. The average Bonchev–Trinajstić information content (AvgIpc) is 2.74. The Kier molecular flexibility index (Phi) is 18.2. The van der Waals surface area contributed by atoms with E-state index in [1.165, 1.54) is 24.3 Å². The maximum atomic E-state index is 12.0. The molecule has 184 valence electrons. The molecule has 10 nitrogen and oxygen atoms in total. The van der Waals surface area contributed by atoms with E-state index in [1.54, 1.807) is 34.6 Å². The van der Waals surface area contributed by atoms with Crippen molar-refractivity contribution in [2.24, 2.45) is 0 Å². The van der Waals surface area contributed by atoms with Crippen LogP contribution in [0.5, 0.6) is 5.75 Å². The number of carbonyl (C=O) groups is 2. The first-order chi connectivity index (χ1) is 15.1. The number of nitro benzene ring substituents is 1. The molecular weight excluding hydrogens is 437 g/mol. The normalized spacial score (nSPS) is 11.8. The minimum atomic E-state index is -1.69. The van der Waals surface area contributed by atoms with Gasteiger partial charge >= 0.3 is 11.9 Å². The lowest BCUT2D eigenvalue weighted by Gasteiger charge is -2.23. The zero-order valence-corrected chi connectivity index (χ0v) is 21.4. The van der Waals surface area contributed by atoms with Crippen LogP contribution in [-0.2, 0) is 19.1 Å². The minimum Gasteiger partial charge on any atom is -0.462 e. The summed E-state index contributed by atoms with van der Waals surface area (Å²) in [6, 6.07) is 4.75. The fourth-order valence-electron chi connectivity index (χ4n) is 1.84. The maximum Gasteiger partial charge on any atom is 0.323 e. The van der Waals surface area contributed by atoms with Crippen LogP contribution in [0.1, 0.15) is 62.3 Å². The number of nitrogens with one attached hydrogen (secondary N) is 2. The molecule has 0 saturated carbocycles. The molecule has 32 heavy (non-hydrogen) atoms. The smallest absolute Gasteiger partial charge is 0.323 e. The number of rotatable bonds is 11. The molecule has 0 fully saturated rings. The molecule has 0 spiro atoms. The quantitative estimate of drug-likeness (QED) is 0.202. The molecule has 0 aliphatic rings. The maximum absolute atomic E-state index is 12.0. The molecule has 1 rings (SSSR count). The molecule has 2 N–H and O–H groups in total. The fraction of sp³-hybridized carbons (Fsp3) is 0.619. The molecule has 0 radical (unpaired) electrons. The van der Waals surface area contributed by atoms with Crippen molar-refractivity contribution in [2.75, 3.05) is 6.54 Å². The van der Waals surface area contributed by atoms with Crippen LogP contribution in [0, 0.1) is 10.1 Å². The van der Waals surface area contributed by atoms with Gasteiger partial charge in [-0.25, -0.2) is 10.2 Å². The van der Waals surface area contributed by atoms with Gasteiger partial charge in [0.1, 0.15) is 18.3 Å². The van der Waals surface area contributed by atoms with E-state index in [-0.39, 0.29) is 24.4 Å². The van der Waals surface area contributed by atoms with Crippen LogP contribution in [0.4, 0.5) is 5.69 Å². The van der Waals surface area contributed by atoms with E-state index in [2.05, 4.69) is 10.2 Å². The zero-order chi connectivity index (χ0) is 25.3. The zero-order valence-electron chi connectivity index (χ0n) is 20.5. The van der Waals surface area contributed by atoms with E-state index >= 15 is 0 Å². The highest BCUT2D eigenvalue weighted by molar-refractivity contribution is 7.48. The van der Waals surface area contributed by atoms with E-state index in [0.717, 1.165) is 0 Å². The summed E-state index contributed by atoms with van der Waals surface area (Å²) >= 11 is 0. The van der Waals surface area contributed by atoms with Gasteiger partial charge in [-0.1, -0.05) is 27.7 Å². The van der Waals surface area contributed by atoms with Crippen molar-refractivity contribution >= 4 is 26.1 Å². The Morgan fingerprint density at radius 1 is 0.969 bits per heavy atom. The number of nitro groups is 1. The second-order valence-electron chi connectivity index (χ2n) is 6.35. The van der Waals surface area contributed by atoms with Crippen molar-refractivity contribution in [3.05, 3.63) is 34.4 Å². The summed E-state index contributed by atoms with van der Waals surface area (Å²) in [5.74, 6) is -0.617. The number of hydrogen-bond donors (Lipinski definition) is 2. The number of non-ortho nitro benzene ring substituents is 1. The predicted octanol–water partition coefficient (Wildman–Crippen LogP) is 4.72. The molecule has 11 heteroatoms. The van der Waals surface area contributed by atoms with Crippen LogP contribution < -0.4 is 14.7 Å². The van der Waals surface area contributed by atoms with E-state index in [4.69, 9.17) is 14.0 Å². The van der Waals surface area contributed by atoms with E-state index in [0.29, 0.717) is 5.75 Å². The van der Waals surface area contributed by atoms with Crippen LogP contribution in [0.3, 0.4) is 0 Å². The van der Waals surface area contributed by atoms with Gasteiger partial charge in [0.05, 0.1) is 17.1 Å². The fourth-order valence-corrected chi connectivity index (χ4v) is 3.11. The molecule has 0 saturated heterocycles. The Bertz CT molecular complexity index is 670. The molecule has 0 amide bonds. The molecule has 0 aliphatic heterocycles. The summed E-state index contributed by atoms with van der Waals surface area (Å²) in [4.78, 5) is 34.0. The Morgan fingerprint density at radius 2 is 1.47 bits per heavy atom. The number of hydrogen-bond acceptors (Lipinski definition) is 9. The summed E-state index contributed by atoms with van der Waals surface area (Å²) in [6.45, 7) is 16.4. The third-order valence-electron chi connectivity index (χ3n) is 2.99. The van der Waals surface area contributed by atoms with Gasteiger partial charge in [-0.15, -0.1) is 0 Å². The number of benzene rings is 1. The second-order valence-corrected chi connectivity index (χ2v) is 7.69. The summed E-state index contributed by atoms with van der Waals surface area (Å²) in [6.07, 6.45) is -0.531. The molecule has 0 bridgehead atoms. The molecule has 0 aromatic heterocycles. The number of esters is 2. The summed E-state index contributed by atoms with van der Waals surface area (Å²) in [7, 11) is -1.69. The summed E-state index contributed by atoms with van der Waals surface area (Å²) in [5.41, 5.74) is -0.0769. The van der Waals surface area contributed by atoms with Gasteiger partial charge in [-0.05, 0) is 46.8 Å². The molecule has 0 aliphatic carbocycles. The number of ether oxygens (including phenoxy) is 2. The van der Waals surface area contributed by atoms with Gasteiger partial charge in [0, 0.05) is 12.1 Å². The predicted molar refractivity (Wildman–Crippen MR) is 126 cm³/mol. The minimum absolute atomic E-state index is 0.0769. The first kappa shape index (κ1) is 31.9. The molecule has 1 aromatic carbocycles. The molecule has 2 unspecified atom stereocenters. The monoisotopic (exact) mass is 475 g/mol. The van der Waals surface area contributed by atoms with Crippen molar-refractivity contribution in [2.45, 2.75) is 80.6 Å². The Morgan fingerprint density at radius 3 is 1.91 bits per heavy atom. The Labute approximate surface area is 192 Å². The van der Waals surface area contributed by atoms with Crippen molar-refractivity contribution < 1.29 is 28.5 Å². The lowest BCUT2D eigenvalue weighted by Crippen LogP contribution is -2.38. The van der Waals surface area contributed by atoms with Crippen LogP contribution in [0.2, 0.25) is 0 Å². The first-order valence-electron chi connectivity index (χ1n) is 10.7. The van der Waals surface area contributed by atoms with Crippen molar-refractivity contribution in [3.63, 3.8) is 0 Å². The van der Waals surface area contributed by atoms with Crippen LogP contribution in [-0.4, -0.2) is 41.7 Å². The largest absolute Gasteiger partial charge is 0.462 e. The van der Waals surface area contributed by atoms with Crippen LogP contribution in [0.25, 0.3) is 0 Å². The van der Waals surface area contributed by atoms with Crippen LogP contribution >= 0.6 is 8.45 Å². The van der Waals surface area contributed by atoms with Gasteiger partial charge in [-0.3, -0.25) is 19.7 Å². The molecular formula is C21H38N3O7P. The topological polar surface area (TPSA) is 129 Å². The third-order valence-corrected chi connectivity index (χ3v) is 4.46. The van der Waals surface area contributed by atoms with Crippen molar-refractivity contribution in [1.82, 2.24) is 10.2 Å². The number of nitrogens with zero attached hydrogens (tertiary/aromatic N) is 1. The highest BCUT2D eigenvalue weighted by Crippen LogP contribution is 2.31. The van der Waals surface area contributed by atoms with Gasteiger partial charge in [0.25, 0.3) is 5.69 Å². The number of carbonyl (C=O) groups excluding carboxylic acids is 2. The van der Waals surface area contributed by atoms with Gasteiger partial charge in [0.15, 0.2) is 0 Å². The van der Waals surface area contributed by atoms with Crippen molar-refractivity contribution in [3.8, 4) is 5.75 Å². The molecule has 1 aromatic rings. The average molecular weight is 476 g/mol. The summed E-state index contributed by atoms with van der Waals surface area (Å²) < 4.78 is 15.9. The van der Waals surface area contributed by atoms with E-state index in [9.17, 15) is 19.7 Å². The third kappa shape index (κ3) is 14.7. The SMILES string of the molecule is CC.CC.CC(C)OC(=O)CNP(NC(C)C(=O)OC(C)C)Oc1ccc([N+](=O)[O-])cc1. The summed E-state index contributed by atoms with van der Waals surface area (Å²) in [5, 5.41) is 16.5. The Balaban J connectivity index is 0. The standard InChI is InChI=1S/C17H26N3O7P.2C2H6/c1-11(2)25-16(21)10-18-28(19-13(5)17(22)26-12(3)4)27-15-8-6-14(7-9-15)20(23)24;2*1-2/h6-9,11-13,18-19H,10H2,1-5H3;2*1-2H3.